The van der Waals surface area contributed by atoms with Gasteiger partial charge in [0.2, 0.25) is 10.0 Å². The van der Waals surface area contributed by atoms with E-state index in [1.165, 1.54) is 22.1 Å². The number of piperidine rings is 1. The highest BCUT2D eigenvalue weighted by Crippen LogP contribution is 2.30. The van der Waals surface area contributed by atoms with Crippen molar-refractivity contribution in [2.24, 2.45) is 0 Å². The Bertz CT molecular complexity index is 1120. The van der Waals surface area contributed by atoms with Gasteiger partial charge in [-0.15, -0.1) is 0 Å². The standard InChI is InChI=1S/C20H20N2O6S/c23-20(21-24)18-17(7-6-14-10-13-27-19(14)18)29(25,26)22-11-8-16(9-12-22)28-15-4-2-1-3-5-15/h1-7,10,13,16,24H,8-9,11-12H2,(H,21,23). The minimum absolute atomic E-state index is 0.0865. The molecule has 1 fully saturated rings. The molecule has 0 spiro atoms. The molecule has 9 heteroatoms. The average Bonchev–Trinajstić information content (AvgIpc) is 3.22. The van der Waals surface area contributed by atoms with Crippen LogP contribution in [0, 0.1) is 0 Å². The predicted octanol–water partition coefficient (Wildman–Crippen LogP) is 2.78. The molecule has 0 aliphatic carbocycles. The minimum Gasteiger partial charge on any atom is -0.490 e. The third kappa shape index (κ3) is 3.71. The molecule has 0 bridgehead atoms. The van der Waals surface area contributed by atoms with E-state index in [9.17, 15) is 13.2 Å². The maximum atomic E-state index is 13.2. The second-order valence-corrected chi connectivity index (χ2v) is 8.66. The number of ether oxygens (including phenoxy) is 1. The van der Waals surface area contributed by atoms with Gasteiger partial charge in [-0.2, -0.15) is 4.31 Å². The lowest BCUT2D eigenvalue weighted by Crippen LogP contribution is -2.42. The third-order valence-electron chi connectivity index (χ3n) is 4.98. The van der Waals surface area contributed by atoms with Gasteiger partial charge < -0.3 is 9.15 Å². The fourth-order valence-corrected chi connectivity index (χ4v) is 5.17. The smallest absolute Gasteiger partial charge is 0.279 e. The van der Waals surface area contributed by atoms with Gasteiger partial charge in [0.15, 0.2) is 0 Å². The Morgan fingerprint density at radius 3 is 2.52 bits per heavy atom. The van der Waals surface area contributed by atoms with E-state index in [4.69, 9.17) is 14.4 Å². The molecule has 1 aliphatic heterocycles. The summed E-state index contributed by atoms with van der Waals surface area (Å²) >= 11 is 0. The zero-order valence-electron chi connectivity index (χ0n) is 15.4. The lowest BCUT2D eigenvalue weighted by atomic mass is 10.1. The molecule has 1 aliphatic rings. The first-order valence-corrected chi connectivity index (χ1v) is 10.6. The topological polar surface area (TPSA) is 109 Å². The summed E-state index contributed by atoms with van der Waals surface area (Å²) in [5.74, 6) is -0.189. The average molecular weight is 416 g/mol. The molecule has 0 saturated carbocycles. The Hall–Kier alpha value is -2.88. The highest BCUT2D eigenvalue weighted by atomic mass is 32.2. The molecule has 2 heterocycles. The third-order valence-corrected chi connectivity index (χ3v) is 6.92. The number of nitrogens with one attached hydrogen (secondary N) is 1. The van der Waals surface area contributed by atoms with Crippen molar-refractivity contribution in [3.05, 3.63) is 60.4 Å². The van der Waals surface area contributed by atoms with Crippen molar-refractivity contribution in [3.63, 3.8) is 0 Å². The van der Waals surface area contributed by atoms with Crippen molar-refractivity contribution in [3.8, 4) is 5.75 Å². The molecule has 2 aromatic carbocycles. The van der Waals surface area contributed by atoms with Gasteiger partial charge in [0, 0.05) is 18.5 Å². The number of furan rings is 1. The Balaban J connectivity index is 1.57. The Morgan fingerprint density at radius 1 is 1.10 bits per heavy atom. The fourth-order valence-electron chi connectivity index (χ4n) is 3.52. The predicted molar refractivity (Wildman–Crippen MR) is 104 cm³/mol. The van der Waals surface area contributed by atoms with Gasteiger partial charge in [-0.3, -0.25) is 10.0 Å². The maximum absolute atomic E-state index is 13.2. The minimum atomic E-state index is -3.97. The van der Waals surface area contributed by atoms with Crippen molar-refractivity contribution in [2.45, 2.75) is 23.8 Å². The van der Waals surface area contributed by atoms with Gasteiger partial charge >= 0.3 is 0 Å². The number of hydrogen-bond acceptors (Lipinski definition) is 6. The number of amides is 1. The molecule has 152 valence electrons. The molecular weight excluding hydrogens is 396 g/mol. The van der Waals surface area contributed by atoms with Crippen LogP contribution in [-0.4, -0.2) is 43.0 Å². The summed E-state index contributed by atoms with van der Waals surface area (Å²) in [6.45, 7) is 0.520. The number of sulfonamides is 1. The first-order valence-electron chi connectivity index (χ1n) is 9.17. The van der Waals surface area contributed by atoms with Gasteiger partial charge in [0.25, 0.3) is 5.91 Å². The number of para-hydroxylation sites is 1. The Labute approximate surface area is 167 Å². The van der Waals surface area contributed by atoms with Crippen molar-refractivity contribution in [2.75, 3.05) is 13.1 Å². The van der Waals surface area contributed by atoms with Crippen LogP contribution in [-0.2, 0) is 10.0 Å². The lowest BCUT2D eigenvalue weighted by Gasteiger charge is -2.31. The number of carbonyl (C=O) groups excluding carboxylic acids is 1. The van der Waals surface area contributed by atoms with Gasteiger partial charge in [0.1, 0.15) is 23.0 Å². The van der Waals surface area contributed by atoms with Crippen LogP contribution in [0.4, 0.5) is 0 Å². The molecule has 8 nitrogen and oxygen atoms in total. The molecule has 0 unspecified atom stereocenters. The molecule has 0 atom stereocenters. The van der Waals surface area contributed by atoms with Crippen molar-refractivity contribution in [1.82, 2.24) is 9.79 Å². The summed E-state index contributed by atoms with van der Waals surface area (Å²) in [5, 5.41) is 9.66. The van der Waals surface area contributed by atoms with E-state index in [2.05, 4.69) is 0 Å². The maximum Gasteiger partial charge on any atom is 0.279 e. The van der Waals surface area contributed by atoms with Crippen molar-refractivity contribution in [1.29, 1.82) is 0 Å². The number of rotatable bonds is 5. The van der Waals surface area contributed by atoms with Crippen LogP contribution in [0.3, 0.4) is 0 Å². The zero-order chi connectivity index (χ0) is 20.4. The highest BCUT2D eigenvalue weighted by molar-refractivity contribution is 7.89. The second-order valence-electron chi connectivity index (χ2n) is 6.75. The zero-order valence-corrected chi connectivity index (χ0v) is 16.3. The Kier molecular flexibility index (Phi) is 5.27. The van der Waals surface area contributed by atoms with E-state index in [1.54, 1.807) is 12.1 Å². The van der Waals surface area contributed by atoms with E-state index < -0.39 is 15.9 Å². The number of benzene rings is 2. The molecule has 3 aromatic rings. The summed E-state index contributed by atoms with van der Waals surface area (Å²) in [5.41, 5.74) is 1.41. The monoisotopic (exact) mass is 416 g/mol. The molecule has 1 amide bonds. The molecule has 1 saturated heterocycles. The van der Waals surface area contributed by atoms with E-state index in [0.29, 0.717) is 18.2 Å². The van der Waals surface area contributed by atoms with E-state index in [0.717, 1.165) is 5.75 Å². The first-order chi connectivity index (χ1) is 14.0. The van der Waals surface area contributed by atoms with Crippen LogP contribution in [0.1, 0.15) is 23.2 Å². The molecule has 2 N–H and O–H groups in total. The first kappa shape index (κ1) is 19.4. The van der Waals surface area contributed by atoms with Gasteiger partial charge in [-0.1, -0.05) is 18.2 Å². The number of fused-ring (bicyclic) bond motifs is 1. The van der Waals surface area contributed by atoms with Gasteiger partial charge in [-0.05, 0) is 43.2 Å². The van der Waals surface area contributed by atoms with Crippen LogP contribution >= 0.6 is 0 Å². The largest absolute Gasteiger partial charge is 0.490 e. The van der Waals surface area contributed by atoms with Gasteiger partial charge in [0.05, 0.1) is 11.2 Å². The number of hydrogen-bond donors (Lipinski definition) is 2. The normalized spacial score (nSPS) is 16.0. The molecule has 0 radical (unpaired) electrons. The Morgan fingerprint density at radius 2 is 1.83 bits per heavy atom. The summed E-state index contributed by atoms with van der Waals surface area (Å²) in [6, 6.07) is 13.9. The van der Waals surface area contributed by atoms with Crippen molar-refractivity contribution >= 4 is 26.9 Å². The van der Waals surface area contributed by atoms with E-state index >= 15 is 0 Å². The van der Waals surface area contributed by atoms with Crippen molar-refractivity contribution < 1.29 is 27.6 Å². The van der Waals surface area contributed by atoms with Crippen LogP contribution in [0.5, 0.6) is 5.75 Å². The van der Waals surface area contributed by atoms with Crippen LogP contribution in [0.2, 0.25) is 0 Å². The number of hydroxylamine groups is 1. The molecule has 29 heavy (non-hydrogen) atoms. The fraction of sp³-hybridized carbons (Fsp3) is 0.250. The lowest BCUT2D eigenvalue weighted by molar-refractivity contribution is 0.0703. The number of nitrogens with zero attached hydrogens (tertiary/aromatic N) is 1. The summed E-state index contributed by atoms with van der Waals surface area (Å²) in [6.07, 6.45) is 2.33. The van der Waals surface area contributed by atoms with E-state index in [-0.39, 0.29) is 35.2 Å². The highest BCUT2D eigenvalue weighted by Gasteiger charge is 2.34. The van der Waals surface area contributed by atoms with Gasteiger partial charge in [-0.25, -0.2) is 13.9 Å². The van der Waals surface area contributed by atoms with Crippen LogP contribution in [0.15, 0.2) is 64.1 Å². The SMILES string of the molecule is O=C(NO)c1c(S(=O)(=O)N2CCC(Oc3ccccc3)CC2)ccc2ccoc12. The summed E-state index contributed by atoms with van der Waals surface area (Å²) in [7, 11) is -3.97. The molecule has 4 rings (SSSR count). The summed E-state index contributed by atoms with van der Waals surface area (Å²) in [4.78, 5) is 12.0. The molecular formula is C20H20N2O6S. The second kappa shape index (κ2) is 7.86. The quantitative estimate of drug-likeness (QED) is 0.489. The van der Waals surface area contributed by atoms with Crippen LogP contribution < -0.4 is 10.2 Å². The summed E-state index contributed by atoms with van der Waals surface area (Å²) < 4.78 is 39.0. The number of carbonyl (C=O) groups is 1. The van der Waals surface area contributed by atoms with Crippen LogP contribution in [0.25, 0.3) is 11.0 Å². The van der Waals surface area contributed by atoms with E-state index in [1.807, 2.05) is 30.3 Å². The molecule has 1 aromatic heterocycles.